The molecule has 1 heterocycles. The maximum atomic E-state index is 12.4. The third-order valence-electron chi connectivity index (χ3n) is 3.65. The second-order valence-corrected chi connectivity index (χ2v) is 6.93. The second-order valence-electron chi connectivity index (χ2n) is 5.26. The molecule has 2 N–H and O–H groups in total. The SMILES string of the molecule is CNCC1CCCN(S(=O)(=O)Nc2ccc(OC)cc2)C1. The fourth-order valence-corrected chi connectivity index (χ4v) is 3.91. The smallest absolute Gasteiger partial charge is 0.301 e. The molecule has 1 aliphatic rings. The first-order chi connectivity index (χ1) is 10.0. The van der Waals surface area contributed by atoms with Gasteiger partial charge in [0.05, 0.1) is 12.8 Å². The van der Waals surface area contributed by atoms with Crippen molar-refractivity contribution in [1.29, 1.82) is 0 Å². The second kappa shape index (κ2) is 7.11. The number of rotatable bonds is 6. The molecule has 1 aliphatic heterocycles. The lowest BCUT2D eigenvalue weighted by Gasteiger charge is -2.31. The van der Waals surface area contributed by atoms with E-state index < -0.39 is 10.2 Å². The Morgan fingerprint density at radius 2 is 2.05 bits per heavy atom. The van der Waals surface area contributed by atoms with Crippen LogP contribution in [0.2, 0.25) is 0 Å². The molecular formula is C14H23N3O3S. The van der Waals surface area contributed by atoms with Gasteiger partial charge >= 0.3 is 10.2 Å². The standard InChI is InChI=1S/C14H23N3O3S/c1-15-10-12-4-3-9-17(11-12)21(18,19)16-13-5-7-14(20-2)8-6-13/h5-8,12,15-16H,3-4,9-11H2,1-2H3. The molecule has 1 aromatic rings. The molecule has 1 aromatic carbocycles. The van der Waals surface area contributed by atoms with Gasteiger partial charge in [-0.05, 0) is 56.6 Å². The van der Waals surface area contributed by atoms with Gasteiger partial charge in [0, 0.05) is 13.1 Å². The topological polar surface area (TPSA) is 70.7 Å². The molecule has 1 atom stereocenters. The van der Waals surface area contributed by atoms with Gasteiger partial charge in [-0.1, -0.05) is 0 Å². The van der Waals surface area contributed by atoms with Crippen molar-refractivity contribution in [2.75, 3.05) is 38.5 Å². The summed E-state index contributed by atoms with van der Waals surface area (Å²) in [4.78, 5) is 0. The van der Waals surface area contributed by atoms with Crippen LogP contribution in [0.1, 0.15) is 12.8 Å². The van der Waals surface area contributed by atoms with Gasteiger partial charge in [0.2, 0.25) is 0 Å². The molecule has 0 spiro atoms. The molecule has 2 rings (SSSR count). The Balaban J connectivity index is 2.03. The molecule has 1 saturated heterocycles. The van der Waals surface area contributed by atoms with Crippen LogP contribution in [0.15, 0.2) is 24.3 Å². The van der Waals surface area contributed by atoms with Crippen molar-refractivity contribution in [1.82, 2.24) is 9.62 Å². The minimum absolute atomic E-state index is 0.371. The zero-order chi connectivity index (χ0) is 15.3. The average Bonchev–Trinajstić information content (AvgIpc) is 2.48. The van der Waals surface area contributed by atoms with Crippen molar-refractivity contribution < 1.29 is 13.2 Å². The highest BCUT2D eigenvalue weighted by Gasteiger charge is 2.28. The number of piperidine rings is 1. The summed E-state index contributed by atoms with van der Waals surface area (Å²) >= 11 is 0. The van der Waals surface area contributed by atoms with E-state index in [2.05, 4.69) is 10.0 Å². The van der Waals surface area contributed by atoms with Crippen LogP contribution in [0.4, 0.5) is 5.69 Å². The Hall–Kier alpha value is -1.31. The zero-order valence-corrected chi connectivity index (χ0v) is 13.3. The Bertz CT molecular complexity index is 543. The first-order valence-corrected chi connectivity index (χ1v) is 8.55. The molecule has 0 amide bonds. The summed E-state index contributed by atoms with van der Waals surface area (Å²) in [7, 11) is -0.0223. The van der Waals surface area contributed by atoms with E-state index in [4.69, 9.17) is 4.74 Å². The van der Waals surface area contributed by atoms with Crippen LogP contribution in [0.3, 0.4) is 0 Å². The third-order valence-corrected chi connectivity index (χ3v) is 5.16. The summed E-state index contributed by atoms with van der Waals surface area (Å²) < 4.78 is 34.1. The van der Waals surface area contributed by atoms with Gasteiger partial charge in [-0.3, -0.25) is 4.72 Å². The van der Waals surface area contributed by atoms with Gasteiger partial charge < -0.3 is 10.1 Å². The van der Waals surface area contributed by atoms with Crippen LogP contribution in [0.5, 0.6) is 5.75 Å². The van der Waals surface area contributed by atoms with Crippen molar-refractivity contribution in [2.45, 2.75) is 12.8 Å². The molecular weight excluding hydrogens is 290 g/mol. The maximum Gasteiger partial charge on any atom is 0.301 e. The van der Waals surface area contributed by atoms with Gasteiger partial charge in [0.1, 0.15) is 5.75 Å². The molecule has 0 bridgehead atoms. The van der Waals surface area contributed by atoms with E-state index in [-0.39, 0.29) is 0 Å². The van der Waals surface area contributed by atoms with E-state index in [1.165, 1.54) is 4.31 Å². The van der Waals surface area contributed by atoms with E-state index in [1.54, 1.807) is 31.4 Å². The summed E-state index contributed by atoms with van der Waals surface area (Å²) in [5.74, 6) is 1.07. The van der Waals surface area contributed by atoms with Gasteiger partial charge in [-0.25, -0.2) is 0 Å². The van der Waals surface area contributed by atoms with Crippen LogP contribution < -0.4 is 14.8 Å². The highest BCUT2D eigenvalue weighted by molar-refractivity contribution is 7.90. The molecule has 6 nitrogen and oxygen atoms in total. The monoisotopic (exact) mass is 313 g/mol. The Labute approximate surface area is 126 Å². The van der Waals surface area contributed by atoms with Gasteiger partial charge in [0.15, 0.2) is 0 Å². The number of benzene rings is 1. The Morgan fingerprint density at radius 1 is 1.33 bits per heavy atom. The van der Waals surface area contributed by atoms with Gasteiger partial charge in [0.25, 0.3) is 0 Å². The third kappa shape index (κ3) is 4.33. The van der Waals surface area contributed by atoms with Crippen LogP contribution in [-0.4, -0.2) is 46.5 Å². The first kappa shape index (κ1) is 16.1. The number of anilines is 1. The largest absolute Gasteiger partial charge is 0.497 e. The van der Waals surface area contributed by atoms with E-state index >= 15 is 0 Å². The summed E-state index contributed by atoms with van der Waals surface area (Å²) in [6.07, 6.45) is 1.96. The summed E-state index contributed by atoms with van der Waals surface area (Å²) in [6, 6.07) is 6.87. The maximum absolute atomic E-state index is 12.4. The van der Waals surface area contributed by atoms with Crippen LogP contribution in [-0.2, 0) is 10.2 Å². The van der Waals surface area contributed by atoms with E-state index in [0.29, 0.717) is 30.4 Å². The molecule has 21 heavy (non-hydrogen) atoms. The van der Waals surface area contributed by atoms with Gasteiger partial charge in [-0.15, -0.1) is 0 Å². The lowest BCUT2D eigenvalue weighted by molar-refractivity contribution is 0.264. The minimum atomic E-state index is -3.49. The molecule has 7 heteroatoms. The highest BCUT2D eigenvalue weighted by atomic mass is 32.2. The van der Waals surface area contributed by atoms with Crippen LogP contribution in [0.25, 0.3) is 0 Å². The summed E-state index contributed by atoms with van der Waals surface area (Å²) in [6.45, 7) is 1.98. The van der Waals surface area contributed by atoms with Crippen molar-refractivity contribution in [3.05, 3.63) is 24.3 Å². The van der Waals surface area contributed by atoms with Crippen molar-refractivity contribution in [3.8, 4) is 5.75 Å². The molecule has 118 valence electrons. The minimum Gasteiger partial charge on any atom is -0.497 e. The fourth-order valence-electron chi connectivity index (χ4n) is 2.57. The highest BCUT2D eigenvalue weighted by Crippen LogP contribution is 2.21. The lowest BCUT2D eigenvalue weighted by atomic mass is 10.00. The zero-order valence-electron chi connectivity index (χ0n) is 12.5. The molecule has 0 aromatic heterocycles. The Morgan fingerprint density at radius 3 is 2.67 bits per heavy atom. The van der Waals surface area contributed by atoms with Crippen molar-refractivity contribution in [2.24, 2.45) is 5.92 Å². The average molecular weight is 313 g/mol. The van der Waals surface area contributed by atoms with Gasteiger partial charge in [-0.2, -0.15) is 12.7 Å². The molecule has 0 saturated carbocycles. The van der Waals surface area contributed by atoms with Crippen molar-refractivity contribution >= 4 is 15.9 Å². The number of hydrogen-bond acceptors (Lipinski definition) is 4. The molecule has 1 fully saturated rings. The molecule has 0 aliphatic carbocycles. The Kier molecular flexibility index (Phi) is 5.44. The van der Waals surface area contributed by atoms with E-state index in [0.717, 1.165) is 19.4 Å². The number of methoxy groups -OCH3 is 1. The first-order valence-electron chi connectivity index (χ1n) is 7.11. The predicted molar refractivity (Wildman–Crippen MR) is 83.8 cm³/mol. The fraction of sp³-hybridized carbons (Fsp3) is 0.571. The predicted octanol–water partition coefficient (Wildman–Crippen LogP) is 1.28. The number of ether oxygens (including phenoxy) is 1. The van der Waals surface area contributed by atoms with E-state index in [1.807, 2.05) is 7.05 Å². The van der Waals surface area contributed by atoms with E-state index in [9.17, 15) is 8.42 Å². The normalized spacial score (nSPS) is 20.2. The number of nitrogens with one attached hydrogen (secondary N) is 2. The van der Waals surface area contributed by atoms with Crippen LogP contribution >= 0.6 is 0 Å². The molecule has 1 unspecified atom stereocenters. The number of hydrogen-bond donors (Lipinski definition) is 2. The number of nitrogens with zero attached hydrogens (tertiary/aromatic N) is 1. The summed E-state index contributed by atoms with van der Waals surface area (Å²) in [5, 5.41) is 3.12. The summed E-state index contributed by atoms with van der Waals surface area (Å²) in [5.41, 5.74) is 0.548. The van der Waals surface area contributed by atoms with Crippen molar-refractivity contribution in [3.63, 3.8) is 0 Å². The lowest BCUT2D eigenvalue weighted by Crippen LogP contribution is -2.44. The molecule has 0 radical (unpaired) electrons. The van der Waals surface area contributed by atoms with Crippen LogP contribution in [0, 0.1) is 5.92 Å². The quantitative estimate of drug-likeness (QED) is 0.830.